The van der Waals surface area contributed by atoms with Crippen molar-refractivity contribution in [1.82, 2.24) is 4.98 Å². The number of benzene rings is 3. The van der Waals surface area contributed by atoms with Gasteiger partial charge in [0.15, 0.2) is 0 Å². The third-order valence-electron chi connectivity index (χ3n) is 5.66. The minimum atomic E-state index is 0.708. The Morgan fingerprint density at radius 3 is 2.52 bits per heavy atom. The highest BCUT2D eigenvalue weighted by Gasteiger charge is 2.19. The van der Waals surface area contributed by atoms with Gasteiger partial charge in [0.1, 0.15) is 11.5 Å². The molecule has 1 heterocycles. The van der Waals surface area contributed by atoms with Crippen molar-refractivity contribution < 1.29 is 9.47 Å². The minimum Gasteiger partial charge on any atom is -0.497 e. The van der Waals surface area contributed by atoms with Gasteiger partial charge in [-0.25, -0.2) is 0 Å². The van der Waals surface area contributed by atoms with Crippen LogP contribution in [0.1, 0.15) is 24.0 Å². The van der Waals surface area contributed by atoms with Crippen LogP contribution in [0.5, 0.6) is 11.5 Å². The lowest BCUT2D eigenvalue weighted by Crippen LogP contribution is -1.99. The van der Waals surface area contributed by atoms with Gasteiger partial charge in [0.05, 0.1) is 19.9 Å². The average Bonchev–Trinajstić information content (AvgIpc) is 3.11. The van der Waals surface area contributed by atoms with Gasteiger partial charge in [-0.3, -0.25) is 0 Å². The third kappa shape index (κ3) is 3.45. The first-order valence-corrected chi connectivity index (χ1v) is 10.1. The van der Waals surface area contributed by atoms with E-state index in [9.17, 15) is 0 Å². The van der Waals surface area contributed by atoms with Crippen LogP contribution in [0.3, 0.4) is 0 Å². The van der Waals surface area contributed by atoms with Crippen LogP contribution in [-0.2, 0) is 6.42 Å². The fourth-order valence-corrected chi connectivity index (χ4v) is 4.21. The number of unbranched alkanes of at least 4 members (excludes halogenated alkanes) is 1. The molecule has 0 radical (unpaired) electrons. The van der Waals surface area contributed by atoms with Crippen molar-refractivity contribution in [2.45, 2.75) is 26.2 Å². The zero-order valence-electron chi connectivity index (χ0n) is 17.3. The topological polar surface area (TPSA) is 60.3 Å². The summed E-state index contributed by atoms with van der Waals surface area (Å²) in [6.07, 6.45) is 3.00. The zero-order valence-corrected chi connectivity index (χ0v) is 17.3. The molecule has 3 N–H and O–H groups in total. The average molecular weight is 389 g/mol. The molecule has 4 rings (SSSR count). The van der Waals surface area contributed by atoms with Crippen LogP contribution in [0.25, 0.3) is 32.9 Å². The summed E-state index contributed by atoms with van der Waals surface area (Å²) in [5.74, 6) is 1.78. The molecule has 29 heavy (non-hydrogen) atoms. The molecule has 1 aromatic heterocycles. The summed E-state index contributed by atoms with van der Waals surface area (Å²) in [7, 11) is 3.46. The van der Waals surface area contributed by atoms with Gasteiger partial charge in [0, 0.05) is 21.9 Å². The largest absolute Gasteiger partial charge is 0.497 e. The van der Waals surface area contributed by atoms with Crippen molar-refractivity contribution in [3.63, 3.8) is 0 Å². The molecule has 0 fully saturated rings. The molecule has 0 atom stereocenters. The van der Waals surface area contributed by atoms with Gasteiger partial charge in [-0.05, 0) is 67.4 Å². The van der Waals surface area contributed by atoms with Crippen LogP contribution >= 0.6 is 0 Å². The predicted octanol–water partition coefficient (Wildman–Crippen LogP) is 5.60. The number of hydrogen-bond acceptors (Lipinski definition) is 3. The van der Waals surface area contributed by atoms with Gasteiger partial charge in [-0.15, -0.1) is 0 Å². The van der Waals surface area contributed by atoms with E-state index in [0.29, 0.717) is 6.54 Å². The SMILES string of the molecule is COc1cc(C)c2[nH]c(-c3ccc4ccccc4c3OC)c(CCCCN)c2c1. The summed E-state index contributed by atoms with van der Waals surface area (Å²) in [4.78, 5) is 3.70. The van der Waals surface area contributed by atoms with Crippen LogP contribution < -0.4 is 15.2 Å². The number of hydrogen-bond donors (Lipinski definition) is 2. The lowest BCUT2D eigenvalue weighted by Gasteiger charge is -2.13. The Kier molecular flexibility index (Phi) is 5.45. The van der Waals surface area contributed by atoms with E-state index in [-0.39, 0.29) is 0 Å². The first-order chi connectivity index (χ1) is 14.2. The van der Waals surface area contributed by atoms with Crippen molar-refractivity contribution in [2.24, 2.45) is 5.73 Å². The highest BCUT2D eigenvalue weighted by Crippen LogP contribution is 2.41. The molecule has 0 saturated carbocycles. The third-order valence-corrected chi connectivity index (χ3v) is 5.66. The summed E-state index contributed by atoms with van der Waals surface area (Å²) < 4.78 is 11.4. The van der Waals surface area contributed by atoms with Crippen molar-refractivity contribution in [3.8, 4) is 22.8 Å². The number of ether oxygens (including phenoxy) is 2. The van der Waals surface area contributed by atoms with E-state index in [1.54, 1.807) is 14.2 Å². The number of rotatable bonds is 7. The van der Waals surface area contributed by atoms with E-state index in [4.69, 9.17) is 15.2 Å². The maximum absolute atomic E-state index is 5.90. The second-order valence-electron chi connectivity index (χ2n) is 7.46. The number of aromatic amines is 1. The Morgan fingerprint density at radius 1 is 0.931 bits per heavy atom. The Hall–Kier alpha value is -2.98. The second-order valence-corrected chi connectivity index (χ2v) is 7.46. The molecule has 4 aromatic rings. The van der Waals surface area contributed by atoms with Crippen molar-refractivity contribution in [3.05, 3.63) is 59.7 Å². The van der Waals surface area contributed by atoms with Crippen LogP contribution in [-0.4, -0.2) is 25.7 Å². The van der Waals surface area contributed by atoms with Gasteiger partial charge < -0.3 is 20.2 Å². The molecule has 0 aliphatic carbocycles. The van der Waals surface area contributed by atoms with Gasteiger partial charge in [0.2, 0.25) is 0 Å². The molecule has 0 spiro atoms. The van der Waals surface area contributed by atoms with Crippen LogP contribution in [0.2, 0.25) is 0 Å². The summed E-state index contributed by atoms with van der Waals surface area (Å²) in [6.45, 7) is 2.83. The van der Waals surface area contributed by atoms with Gasteiger partial charge in [-0.2, -0.15) is 0 Å². The molecule has 4 heteroatoms. The lowest BCUT2D eigenvalue weighted by molar-refractivity contribution is 0.415. The highest BCUT2D eigenvalue weighted by atomic mass is 16.5. The van der Waals surface area contributed by atoms with Gasteiger partial charge in [-0.1, -0.05) is 30.3 Å². The first kappa shape index (κ1) is 19.3. The number of nitrogens with two attached hydrogens (primary N) is 1. The molecule has 150 valence electrons. The van der Waals surface area contributed by atoms with E-state index in [2.05, 4.69) is 60.4 Å². The Labute approximate surface area is 171 Å². The number of fused-ring (bicyclic) bond motifs is 2. The van der Waals surface area contributed by atoms with Crippen LogP contribution in [0, 0.1) is 6.92 Å². The maximum Gasteiger partial charge on any atom is 0.136 e. The van der Waals surface area contributed by atoms with Crippen molar-refractivity contribution in [2.75, 3.05) is 20.8 Å². The fraction of sp³-hybridized carbons (Fsp3) is 0.280. The molecular formula is C25H28N2O2. The first-order valence-electron chi connectivity index (χ1n) is 10.1. The normalized spacial score (nSPS) is 11.3. The lowest BCUT2D eigenvalue weighted by atomic mass is 9.97. The summed E-state index contributed by atoms with van der Waals surface area (Å²) in [5.41, 5.74) is 11.6. The van der Waals surface area contributed by atoms with E-state index in [0.717, 1.165) is 52.9 Å². The summed E-state index contributed by atoms with van der Waals surface area (Å²) in [5, 5.41) is 3.50. The molecule has 0 aliphatic rings. The molecule has 0 unspecified atom stereocenters. The summed E-state index contributed by atoms with van der Waals surface area (Å²) in [6, 6.07) is 16.9. The zero-order chi connectivity index (χ0) is 20.4. The molecule has 0 aliphatic heterocycles. The number of H-pyrrole nitrogens is 1. The Balaban J connectivity index is 1.98. The highest BCUT2D eigenvalue weighted by molar-refractivity contribution is 5.99. The number of aryl methyl sites for hydroxylation is 2. The van der Waals surface area contributed by atoms with E-state index >= 15 is 0 Å². The van der Waals surface area contributed by atoms with Gasteiger partial charge in [0.25, 0.3) is 0 Å². The van der Waals surface area contributed by atoms with Crippen LogP contribution in [0.4, 0.5) is 0 Å². The quantitative estimate of drug-likeness (QED) is 0.405. The number of nitrogens with one attached hydrogen (secondary N) is 1. The Morgan fingerprint density at radius 2 is 1.76 bits per heavy atom. The van der Waals surface area contributed by atoms with Gasteiger partial charge >= 0.3 is 0 Å². The molecular weight excluding hydrogens is 360 g/mol. The van der Waals surface area contributed by atoms with E-state index < -0.39 is 0 Å². The molecule has 0 bridgehead atoms. The molecule has 0 saturated heterocycles. The second kappa shape index (κ2) is 8.18. The number of methoxy groups -OCH3 is 2. The molecule has 3 aromatic carbocycles. The number of aromatic nitrogens is 1. The van der Waals surface area contributed by atoms with Crippen molar-refractivity contribution in [1.29, 1.82) is 0 Å². The minimum absolute atomic E-state index is 0.708. The van der Waals surface area contributed by atoms with Crippen LogP contribution in [0.15, 0.2) is 48.5 Å². The smallest absolute Gasteiger partial charge is 0.136 e. The standard InChI is InChI=1S/C25H28N2O2/c1-16-14-18(28-2)15-22-20(10-6-7-13-26)24(27-23(16)22)21-12-11-17-8-4-5-9-19(17)25(21)29-3/h4-5,8-9,11-12,14-15,27H,6-7,10,13,26H2,1-3H3. The molecule has 0 amide bonds. The van der Waals surface area contributed by atoms with E-state index in [1.165, 1.54) is 21.9 Å². The maximum atomic E-state index is 5.90. The van der Waals surface area contributed by atoms with E-state index in [1.807, 2.05) is 0 Å². The van der Waals surface area contributed by atoms with Crippen molar-refractivity contribution >= 4 is 21.7 Å². The molecule has 4 nitrogen and oxygen atoms in total. The monoisotopic (exact) mass is 388 g/mol. The summed E-state index contributed by atoms with van der Waals surface area (Å²) >= 11 is 0. The fourth-order valence-electron chi connectivity index (χ4n) is 4.21. The Bertz CT molecular complexity index is 1160. The predicted molar refractivity (Wildman–Crippen MR) is 121 cm³/mol.